The molecule has 138 valence electrons. The molecule has 0 aliphatic heterocycles. The van der Waals surface area contributed by atoms with Crippen LogP contribution in [0.4, 0.5) is 0 Å². The zero-order valence-electron chi connectivity index (χ0n) is 16.0. The predicted octanol–water partition coefficient (Wildman–Crippen LogP) is 3.19. The third kappa shape index (κ3) is 2.72. The van der Waals surface area contributed by atoms with Crippen molar-refractivity contribution in [1.29, 1.82) is 0 Å². The zero-order valence-corrected chi connectivity index (χ0v) is 16.8. The van der Waals surface area contributed by atoms with Gasteiger partial charge in [0.15, 0.2) is 0 Å². The molecule has 6 heteroatoms. The maximum absolute atomic E-state index is 13.0. The Labute approximate surface area is 160 Å². The van der Waals surface area contributed by atoms with E-state index in [0.29, 0.717) is 20.8 Å². The molecular formula is C21H21N3O2S. The maximum atomic E-state index is 13.0. The summed E-state index contributed by atoms with van der Waals surface area (Å²) in [6.45, 7) is 9.75. The predicted molar refractivity (Wildman–Crippen MR) is 111 cm³/mol. The third-order valence-corrected chi connectivity index (χ3v) is 5.91. The van der Waals surface area contributed by atoms with Crippen molar-refractivity contribution >= 4 is 33.3 Å². The van der Waals surface area contributed by atoms with Gasteiger partial charge in [-0.15, -0.1) is 0 Å². The van der Waals surface area contributed by atoms with Crippen LogP contribution in [0.2, 0.25) is 0 Å². The Morgan fingerprint density at radius 3 is 2.59 bits per heavy atom. The molecule has 4 aromatic rings. The van der Waals surface area contributed by atoms with E-state index in [9.17, 15) is 9.59 Å². The van der Waals surface area contributed by atoms with Gasteiger partial charge in [-0.2, -0.15) is 0 Å². The summed E-state index contributed by atoms with van der Waals surface area (Å²) in [4.78, 5) is 34.2. The monoisotopic (exact) mass is 379 g/mol. The molecule has 0 unspecified atom stereocenters. The fraction of sp³-hybridized carbons (Fsp3) is 0.286. The highest BCUT2D eigenvalue weighted by Gasteiger charge is 2.17. The lowest BCUT2D eigenvalue weighted by molar-refractivity contribution is 0.804. The Bertz CT molecular complexity index is 1370. The topological polar surface area (TPSA) is 67.2 Å². The molecule has 27 heavy (non-hydrogen) atoms. The van der Waals surface area contributed by atoms with Gasteiger partial charge in [0.1, 0.15) is 0 Å². The van der Waals surface area contributed by atoms with Crippen molar-refractivity contribution in [3.05, 3.63) is 71.5 Å². The van der Waals surface area contributed by atoms with Crippen LogP contribution in [0.5, 0.6) is 0 Å². The Kier molecular flexibility index (Phi) is 4.03. The van der Waals surface area contributed by atoms with E-state index in [2.05, 4.69) is 22.1 Å². The number of aryl methyl sites for hydroxylation is 3. The van der Waals surface area contributed by atoms with Crippen LogP contribution in [0, 0.1) is 20.8 Å². The largest absolute Gasteiger partial charge is 0.358 e. The Balaban J connectivity index is 2.07. The van der Waals surface area contributed by atoms with Crippen molar-refractivity contribution < 1.29 is 0 Å². The van der Waals surface area contributed by atoms with Crippen molar-refractivity contribution in [2.24, 2.45) is 0 Å². The summed E-state index contributed by atoms with van der Waals surface area (Å²) >= 11 is 1.26. The maximum Gasteiger partial charge on any atom is 0.277 e. The molecule has 5 nitrogen and oxygen atoms in total. The van der Waals surface area contributed by atoms with E-state index in [-0.39, 0.29) is 17.0 Å². The van der Waals surface area contributed by atoms with Gasteiger partial charge in [-0.25, -0.2) is 9.38 Å². The number of aromatic nitrogens is 3. The zero-order chi connectivity index (χ0) is 19.5. The van der Waals surface area contributed by atoms with Gasteiger partial charge in [0.05, 0.1) is 4.53 Å². The fourth-order valence-electron chi connectivity index (χ4n) is 3.65. The molecule has 0 atom stereocenters. The molecule has 3 heterocycles. The summed E-state index contributed by atoms with van der Waals surface area (Å²) in [7, 11) is 0. The first-order valence-corrected chi connectivity index (χ1v) is 9.76. The van der Waals surface area contributed by atoms with E-state index in [0.717, 1.165) is 27.7 Å². The molecular weight excluding hydrogens is 358 g/mol. The quantitative estimate of drug-likeness (QED) is 0.582. The summed E-state index contributed by atoms with van der Waals surface area (Å²) in [6.07, 6.45) is 1.87. The third-order valence-electron chi connectivity index (χ3n) is 4.94. The van der Waals surface area contributed by atoms with Crippen molar-refractivity contribution in [2.45, 2.75) is 40.5 Å². The van der Waals surface area contributed by atoms with E-state index in [1.807, 2.05) is 46.8 Å². The molecule has 1 aromatic carbocycles. The van der Waals surface area contributed by atoms with Crippen molar-refractivity contribution in [3.8, 4) is 0 Å². The van der Waals surface area contributed by atoms with Crippen molar-refractivity contribution in [1.82, 2.24) is 14.4 Å². The Morgan fingerprint density at radius 1 is 1.15 bits per heavy atom. The van der Waals surface area contributed by atoms with Crippen LogP contribution in [-0.2, 0) is 0 Å². The molecule has 0 saturated heterocycles. The summed E-state index contributed by atoms with van der Waals surface area (Å²) < 4.78 is 1.74. The second kappa shape index (κ2) is 6.16. The second-order valence-electron chi connectivity index (χ2n) is 7.32. The van der Waals surface area contributed by atoms with Crippen LogP contribution in [0.3, 0.4) is 0 Å². The fourth-order valence-corrected chi connectivity index (χ4v) is 4.64. The first kappa shape index (κ1) is 17.7. The normalized spacial score (nSPS) is 12.7. The van der Waals surface area contributed by atoms with Gasteiger partial charge < -0.3 is 4.98 Å². The first-order chi connectivity index (χ1) is 12.8. The number of hydrogen-bond donors (Lipinski definition) is 1. The van der Waals surface area contributed by atoms with Crippen molar-refractivity contribution in [2.75, 3.05) is 0 Å². The Morgan fingerprint density at radius 2 is 1.89 bits per heavy atom. The van der Waals surface area contributed by atoms with E-state index >= 15 is 0 Å². The van der Waals surface area contributed by atoms with Gasteiger partial charge in [0.2, 0.25) is 4.96 Å². The highest BCUT2D eigenvalue weighted by Crippen LogP contribution is 2.24. The second-order valence-corrected chi connectivity index (χ2v) is 8.33. The average molecular weight is 379 g/mol. The van der Waals surface area contributed by atoms with Gasteiger partial charge in [0, 0.05) is 33.4 Å². The number of benzene rings is 1. The van der Waals surface area contributed by atoms with E-state index in [4.69, 9.17) is 0 Å². The Hall–Kier alpha value is -2.73. The summed E-state index contributed by atoms with van der Waals surface area (Å²) in [5.41, 5.74) is 4.92. The minimum absolute atomic E-state index is 0.0208. The van der Waals surface area contributed by atoms with Crippen LogP contribution in [0.25, 0.3) is 21.9 Å². The number of rotatable bonds is 2. The summed E-state index contributed by atoms with van der Waals surface area (Å²) in [5.74, 6) is 0.0208. The lowest BCUT2D eigenvalue weighted by Crippen LogP contribution is -2.33. The van der Waals surface area contributed by atoms with Gasteiger partial charge in [-0.1, -0.05) is 36.8 Å². The molecule has 0 aliphatic carbocycles. The number of hydrogen-bond acceptors (Lipinski definition) is 4. The lowest BCUT2D eigenvalue weighted by Gasteiger charge is -2.07. The molecule has 0 radical (unpaired) electrons. The number of nitrogens with zero attached hydrogens (tertiary/aromatic N) is 2. The number of aromatic amines is 1. The van der Waals surface area contributed by atoms with Gasteiger partial charge >= 0.3 is 0 Å². The average Bonchev–Trinajstić information content (AvgIpc) is 3.05. The number of thiazole rings is 1. The van der Waals surface area contributed by atoms with Gasteiger partial charge in [-0.3, -0.25) is 9.59 Å². The van der Waals surface area contributed by atoms with Crippen LogP contribution >= 0.6 is 11.3 Å². The van der Waals surface area contributed by atoms with Crippen LogP contribution in [-0.4, -0.2) is 14.4 Å². The number of nitrogens with one attached hydrogen (secondary N) is 1. The molecule has 3 aromatic heterocycles. The molecule has 0 bridgehead atoms. The molecule has 1 N–H and O–H groups in total. The van der Waals surface area contributed by atoms with Gasteiger partial charge in [0.25, 0.3) is 11.1 Å². The van der Waals surface area contributed by atoms with E-state index < -0.39 is 0 Å². The van der Waals surface area contributed by atoms with Crippen LogP contribution in [0.1, 0.15) is 47.8 Å². The minimum Gasteiger partial charge on any atom is -0.358 e. The van der Waals surface area contributed by atoms with Crippen LogP contribution in [0.15, 0.2) is 27.8 Å². The van der Waals surface area contributed by atoms with Gasteiger partial charge in [-0.05, 0) is 44.9 Å². The molecule has 4 rings (SSSR count). The van der Waals surface area contributed by atoms with Crippen LogP contribution < -0.4 is 15.7 Å². The molecule has 0 fully saturated rings. The number of H-pyrrole nitrogens is 1. The van der Waals surface area contributed by atoms with E-state index in [1.54, 1.807) is 0 Å². The standard InChI is InChI=1S/C21H21N3O2S/c1-10(2)18-13(5)23-21-24(20(18)26)19(25)17(27-21)9-14-12(4)22-16-7-6-11(3)8-15(14)16/h6-10,22H,1-5H3/b17-9-. The highest BCUT2D eigenvalue weighted by atomic mass is 32.1. The van der Waals surface area contributed by atoms with E-state index in [1.165, 1.54) is 15.7 Å². The lowest BCUT2D eigenvalue weighted by atomic mass is 10.0. The number of fused-ring (bicyclic) bond motifs is 2. The van der Waals surface area contributed by atoms with Crippen molar-refractivity contribution in [3.63, 3.8) is 0 Å². The summed E-state index contributed by atoms with van der Waals surface area (Å²) in [5, 5.41) is 1.07. The summed E-state index contributed by atoms with van der Waals surface area (Å²) in [6, 6.07) is 6.20. The highest BCUT2D eigenvalue weighted by molar-refractivity contribution is 7.15. The first-order valence-electron chi connectivity index (χ1n) is 8.94. The molecule has 0 aliphatic rings. The molecule has 0 saturated carbocycles. The smallest absolute Gasteiger partial charge is 0.277 e. The molecule has 0 amide bonds. The molecule has 0 spiro atoms. The minimum atomic E-state index is -0.296. The SMILES string of the molecule is Cc1ccc2[nH]c(C)c(/C=c3\sc4nc(C)c(C(C)C)c(=O)n4c3=O)c2c1.